The van der Waals surface area contributed by atoms with Crippen LogP contribution in [0, 0.1) is 0 Å². The Labute approximate surface area is 118 Å². The van der Waals surface area contributed by atoms with Gasteiger partial charge in [-0.15, -0.1) is 21.5 Å². The fraction of sp³-hybridized carbons (Fsp3) is 0.467. The maximum Gasteiger partial charge on any atom is 0.128 e. The van der Waals surface area contributed by atoms with Crippen LogP contribution in [-0.2, 0) is 11.8 Å². The quantitative estimate of drug-likeness (QED) is 0.822. The molecule has 1 aliphatic rings. The topological polar surface area (TPSA) is 37.8 Å². The third-order valence-electron chi connectivity index (χ3n) is 3.77. The zero-order valence-corrected chi connectivity index (χ0v) is 12.0. The lowest BCUT2D eigenvalue weighted by Gasteiger charge is -2.11. The van der Waals surface area contributed by atoms with Crippen LogP contribution in [0.2, 0.25) is 0 Å². The van der Waals surface area contributed by atoms with Crippen LogP contribution in [0.1, 0.15) is 34.8 Å². The molecule has 0 atom stereocenters. The van der Waals surface area contributed by atoms with Crippen molar-refractivity contribution in [2.75, 3.05) is 13.6 Å². The smallest absolute Gasteiger partial charge is 0.128 e. The van der Waals surface area contributed by atoms with Crippen LogP contribution in [0.15, 0.2) is 30.3 Å². The van der Waals surface area contributed by atoms with Gasteiger partial charge in [-0.1, -0.05) is 30.3 Å². The van der Waals surface area contributed by atoms with E-state index in [0.717, 1.165) is 19.4 Å². The zero-order valence-electron chi connectivity index (χ0n) is 11.2. The first-order chi connectivity index (χ1) is 9.35. The van der Waals surface area contributed by atoms with Gasteiger partial charge in [-0.05, 0) is 38.4 Å². The minimum Gasteiger partial charge on any atom is -0.320 e. The number of aromatic nitrogens is 2. The van der Waals surface area contributed by atoms with E-state index >= 15 is 0 Å². The summed E-state index contributed by atoms with van der Waals surface area (Å²) >= 11 is 1.80. The molecule has 19 heavy (non-hydrogen) atoms. The van der Waals surface area contributed by atoms with Crippen molar-refractivity contribution in [3.63, 3.8) is 0 Å². The minimum atomic E-state index is 0.181. The molecule has 0 radical (unpaired) electrons. The van der Waals surface area contributed by atoms with Gasteiger partial charge in [-0.2, -0.15) is 0 Å². The van der Waals surface area contributed by atoms with Crippen molar-refractivity contribution in [2.24, 2.45) is 0 Å². The fourth-order valence-corrected chi connectivity index (χ4v) is 3.62. The summed E-state index contributed by atoms with van der Waals surface area (Å²) in [6, 6.07) is 10.7. The standard InChI is InChI=1S/C15H19N3S/c1-16-11-5-8-13-17-18-14(19-13)15(9-10-15)12-6-3-2-4-7-12/h2-4,6-7,16H,5,8-11H2,1H3. The van der Waals surface area contributed by atoms with Crippen molar-refractivity contribution in [2.45, 2.75) is 31.1 Å². The number of nitrogens with one attached hydrogen (secondary N) is 1. The van der Waals surface area contributed by atoms with Crippen LogP contribution in [0.25, 0.3) is 0 Å². The number of rotatable bonds is 6. The monoisotopic (exact) mass is 273 g/mol. The molecule has 0 bridgehead atoms. The first-order valence-electron chi connectivity index (χ1n) is 6.88. The highest BCUT2D eigenvalue weighted by atomic mass is 32.1. The van der Waals surface area contributed by atoms with E-state index in [1.54, 1.807) is 11.3 Å². The van der Waals surface area contributed by atoms with Crippen molar-refractivity contribution < 1.29 is 0 Å². The molecule has 2 aromatic rings. The van der Waals surface area contributed by atoms with Gasteiger partial charge in [0.1, 0.15) is 10.0 Å². The Kier molecular flexibility index (Phi) is 3.62. The summed E-state index contributed by atoms with van der Waals surface area (Å²) in [6.07, 6.45) is 4.58. The summed E-state index contributed by atoms with van der Waals surface area (Å²) in [5, 5.41) is 14.4. The molecule has 1 aromatic carbocycles. The molecule has 3 nitrogen and oxygen atoms in total. The Morgan fingerprint density at radius 3 is 2.68 bits per heavy atom. The highest BCUT2D eigenvalue weighted by Gasteiger charge is 2.48. The number of aryl methyl sites for hydroxylation is 1. The Bertz CT molecular complexity index is 531. The largest absolute Gasteiger partial charge is 0.320 e. The van der Waals surface area contributed by atoms with Crippen LogP contribution in [0.3, 0.4) is 0 Å². The van der Waals surface area contributed by atoms with Crippen LogP contribution in [0.5, 0.6) is 0 Å². The Balaban J connectivity index is 1.76. The minimum absolute atomic E-state index is 0.181. The van der Waals surface area contributed by atoms with E-state index in [9.17, 15) is 0 Å². The van der Waals surface area contributed by atoms with E-state index in [0.29, 0.717) is 0 Å². The summed E-state index contributed by atoms with van der Waals surface area (Å²) in [7, 11) is 1.99. The van der Waals surface area contributed by atoms with Crippen LogP contribution >= 0.6 is 11.3 Å². The number of nitrogens with zero attached hydrogens (tertiary/aromatic N) is 2. The third kappa shape index (κ3) is 2.55. The number of hydrogen-bond acceptors (Lipinski definition) is 4. The molecular formula is C15H19N3S. The maximum atomic E-state index is 4.45. The van der Waals surface area contributed by atoms with E-state index in [2.05, 4.69) is 45.8 Å². The second-order valence-corrected chi connectivity index (χ2v) is 6.22. The van der Waals surface area contributed by atoms with Gasteiger partial charge in [0.2, 0.25) is 0 Å². The molecule has 1 aromatic heterocycles. The van der Waals surface area contributed by atoms with Gasteiger partial charge in [-0.3, -0.25) is 0 Å². The van der Waals surface area contributed by atoms with E-state index in [1.807, 2.05) is 7.05 Å². The van der Waals surface area contributed by atoms with Crippen LogP contribution in [0.4, 0.5) is 0 Å². The molecule has 1 saturated carbocycles. The molecule has 0 spiro atoms. The maximum absolute atomic E-state index is 4.45. The van der Waals surface area contributed by atoms with E-state index in [4.69, 9.17) is 0 Å². The molecule has 1 fully saturated rings. The van der Waals surface area contributed by atoms with Crippen LogP contribution in [-0.4, -0.2) is 23.8 Å². The highest BCUT2D eigenvalue weighted by Crippen LogP contribution is 2.54. The first kappa shape index (κ1) is 12.8. The summed E-state index contributed by atoms with van der Waals surface area (Å²) < 4.78 is 0. The molecule has 3 rings (SSSR count). The predicted octanol–water partition coefficient (Wildman–Crippen LogP) is 2.77. The van der Waals surface area contributed by atoms with Gasteiger partial charge in [0.25, 0.3) is 0 Å². The number of benzene rings is 1. The summed E-state index contributed by atoms with van der Waals surface area (Å²) in [6.45, 7) is 1.04. The average Bonchev–Trinajstić information content (AvgIpc) is 3.14. The molecular weight excluding hydrogens is 254 g/mol. The predicted molar refractivity (Wildman–Crippen MR) is 78.6 cm³/mol. The Morgan fingerprint density at radius 1 is 1.21 bits per heavy atom. The molecule has 0 amide bonds. The van der Waals surface area contributed by atoms with Crippen molar-refractivity contribution in [3.8, 4) is 0 Å². The fourth-order valence-electron chi connectivity index (χ4n) is 2.47. The van der Waals surface area contributed by atoms with Gasteiger partial charge < -0.3 is 5.32 Å². The Morgan fingerprint density at radius 2 is 2.00 bits per heavy atom. The lowest BCUT2D eigenvalue weighted by atomic mass is 9.97. The van der Waals surface area contributed by atoms with Gasteiger partial charge in [0, 0.05) is 11.8 Å². The zero-order chi connectivity index (χ0) is 13.1. The van der Waals surface area contributed by atoms with E-state index in [1.165, 1.54) is 28.4 Å². The third-order valence-corrected chi connectivity index (χ3v) is 4.96. The normalized spacial score (nSPS) is 16.5. The average molecular weight is 273 g/mol. The summed E-state index contributed by atoms with van der Waals surface area (Å²) in [5.74, 6) is 0. The van der Waals surface area contributed by atoms with Crippen molar-refractivity contribution >= 4 is 11.3 Å². The molecule has 100 valence electrons. The second-order valence-electron chi connectivity index (χ2n) is 5.16. The second kappa shape index (κ2) is 5.39. The highest BCUT2D eigenvalue weighted by molar-refractivity contribution is 7.11. The van der Waals surface area contributed by atoms with Gasteiger partial charge in [-0.25, -0.2) is 0 Å². The van der Waals surface area contributed by atoms with Crippen molar-refractivity contribution in [1.29, 1.82) is 0 Å². The first-order valence-corrected chi connectivity index (χ1v) is 7.70. The van der Waals surface area contributed by atoms with E-state index < -0.39 is 0 Å². The number of hydrogen-bond donors (Lipinski definition) is 1. The SMILES string of the molecule is CNCCCc1nnc(C2(c3ccccc3)CC2)s1. The molecule has 4 heteroatoms. The van der Waals surface area contributed by atoms with Crippen molar-refractivity contribution in [3.05, 3.63) is 45.9 Å². The lowest BCUT2D eigenvalue weighted by molar-refractivity contribution is 0.715. The van der Waals surface area contributed by atoms with Crippen LogP contribution < -0.4 is 5.32 Å². The van der Waals surface area contributed by atoms with Gasteiger partial charge in [0.15, 0.2) is 0 Å². The molecule has 1 aliphatic carbocycles. The van der Waals surface area contributed by atoms with Crippen molar-refractivity contribution in [1.82, 2.24) is 15.5 Å². The summed E-state index contributed by atoms with van der Waals surface area (Å²) in [5.41, 5.74) is 1.58. The molecule has 0 aliphatic heterocycles. The summed E-state index contributed by atoms with van der Waals surface area (Å²) in [4.78, 5) is 0. The molecule has 1 N–H and O–H groups in total. The lowest BCUT2D eigenvalue weighted by Crippen LogP contribution is -2.08. The van der Waals surface area contributed by atoms with E-state index in [-0.39, 0.29) is 5.41 Å². The molecule has 0 saturated heterocycles. The molecule has 1 heterocycles. The van der Waals surface area contributed by atoms with Gasteiger partial charge >= 0.3 is 0 Å². The van der Waals surface area contributed by atoms with Gasteiger partial charge in [0.05, 0.1) is 0 Å². The Hall–Kier alpha value is -1.26. The molecule has 0 unspecified atom stereocenters.